The van der Waals surface area contributed by atoms with Gasteiger partial charge in [-0.15, -0.1) is 0 Å². The molecule has 0 saturated heterocycles. The highest BCUT2D eigenvalue weighted by molar-refractivity contribution is 5.78. The van der Waals surface area contributed by atoms with Crippen LogP contribution in [0.25, 0.3) is 0 Å². The SMILES string of the molecule is NC1CC2CCCC(C1)C2NC(=O)Cc1cccnc1. The third-order valence-electron chi connectivity index (χ3n) is 4.79. The normalized spacial score (nSPS) is 32.6. The Hall–Kier alpha value is -1.42. The average molecular weight is 273 g/mol. The monoisotopic (exact) mass is 273 g/mol. The molecule has 1 amide bonds. The highest BCUT2D eigenvalue weighted by Crippen LogP contribution is 2.39. The van der Waals surface area contributed by atoms with Gasteiger partial charge in [-0.3, -0.25) is 9.78 Å². The Labute approximate surface area is 120 Å². The van der Waals surface area contributed by atoms with Gasteiger partial charge in [0.25, 0.3) is 0 Å². The summed E-state index contributed by atoms with van der Waals surface area (Å²) in [5.41, 5.74) is 7.10. The van der Waals surface area contributed by atoms with Crippen molar-refractivity contribution in [2.75, 3.05) is 0 Å². The highest BCUT2D eigenvalue weighted by atomic mass is 16.1. The fourth-order valence-electron chi connectivity index (χ4n) is 3.95. The number of carbonyl (C=O) groups is 1. The fourth-order valence-corrected chi connectivity index (χ4v) is 3.95. The average Bonchev–Trinajstić information content (AvgIpc) is 2.41. The molecule has 2 aliphatic rings. The molecule has 3 N–H and O–H groups in total. The number of nitrogens with zero attached hydrogens (tertiary/aromatic N) is 1. The van der Waals surface area contributed by atoms with E-state index in [2.05, 4.69) is 10.3 Å². The van der Waals surface area contributed by atoms with E-state index in [1.807, 2.05) is 12.1 Å². The maximum atomic E-state index is 12.2. The molecule has 0 aromatic carbocycles. The Balaban J connectivity index is 1.61. The third-order valence-corrected chi connectivity index (χ3v) is 4.79. The first-order valence-electron chi connectivity index (χ1n) is 7.66. The smallest absolute Gasteiger partial charge is 0.224 e. The molecule has 4 heteroatoms. The Bertz CT molecular complexity index is 448. The van der Waals surface area contributed by atoms with Crippen LogP contribution in [0.2, 0.25) is 0 Å². The number of fused-ring (bicyclic) bond motifs is 2. The van der Waals surface area contributed by atoms with Gasteiger partial charge in [0, 0.05) is 24.5 Å². The molecule has 4 nitrogen and oxygen atoms in total. The van der Waals surface area contributed by atoms with Crippen LogP contribution in [0.15, 0.2) is 24.5 Å². The van der Waals surface area contributed by atoms with Crippen LogP contribution in [0.3, 0.4) is 0 Å². The van der Waals surface area contributed by atoms with Gasteiger partial charge >= 0.3 is 0 Å². The maximum absolute atomic E-state index is 12.2. The quantitative estimate of drug-likeness (QED) is 0.880. The molecule has 2 atom stereocenters. The van der Waals surface area contributed by atoms with Gasteiger partial charge in [0.05, 0.1) is 6.42 Å². The van der Waals surface area contributed by atoms with E-state index in [4.69, 9.17) is 5.73 Å². The summed E-state index contributed by atoms with van der Waals surface area (Å²) in [5.74, 6) is 1.28. The number of carbonyl (C=O) groups excluding carboxylic acids is 1. The van der Waals surface area contributed by atoms with Gasteiger partial charge in [-0.05, 0) is 49.1 Å². The predicted molar refractivity (Wildman–Crippen MR) is 77.9 cm³/mol. The van der Waals surface area contributed by atoms with Crippen LogP contribution in [0.1, 0.15) is 37.7 Å². The molecule has 0 spiro atoms. The molecule has 1 aromatic heterocycles. The molecule has 0 radical (unpaired) electrons. The van der Waals surface area contributed by atoms with Crippen LogP contribution in [0, 0.1) is 11.8 Å². The fraction of sp³-hybridized carbons (Fsp3) is 0.625. The minimum Gasteiger partial charge on any atom is -0.353 e. The summed E-state index contributed by atoms with van der Waals surface area (Å²) >= 11 is 0. The van der Waals surface area contributed by atoms with Crippen molar-refractivity contribution in [2.45, 2.75) is 50.6 Å². The van der Waals surface area contributed by atoms with E-state index in [0.717, 1.165) is 18.4 Å². The molecule has 20 heavy (non-hydrogen) atoms. The van der Waals surface area contributed by atoms with Gasteiger partial charge in [0.15, 0.2) is 0 Å². The van der Waals surface area contributed by atoms with Gasteiger partial charge in [0.2, 0.25) is 5.91 Å². The summed E-state index contributed by atoms with van der Waals surface area (Å²) in [7, 11) is 0. The van der Waals surface area contributed by atoms with Gasteiger partial charge < -0.3 is 11.1 Å². The van der Waals surface area contributed by atoms with Crippen molar-refractivity contribution in [3.63, 3.8) is 0 Å². The molecule has 2 bridgehead atoms. The molecule has 2 fully saturated rings. The molecule has 2 saturated carbocycles. The third kappa shape index (κ3) is 3.01. The maximum Gasteiger partial charge on any atom is 0.224 e. The summed E-state index contributed by atoms with van der Waals surface area (Å²) in [4.78, 5) is 16.3. The first-order valence-corrected chi connectivity index (χ1v) is 7.66. The molecule has 108 valence electrons. The number of rotatable bonds is 3. The molecule has 1 aromatic rings. The number of nitrogens with two attached hydrogens (primary N) is 1. The van der Waals surface area contributed by atoms with E-state index in [9.17, 15) is 4.79 Å². The van der Waals surface area contributed by atoms with Gasteiger partial charge in [-0.2, -0.15) is 0 Å². The van der Waals surface area contributed by atoms with E-state index >= 15 is 0 Å². The number of amides is 1. The standard InChI is InChI=1S/C16H23N3O/c17-14-8-12-4-1-5-13(9-14)16(12)19-15(20)7-11-3-2-6-18-10-11/h2-3,6,10,12-14,16H,1,4-5,7-9,17H2,(H,19,20). The zero-order chi connectivity index (χ0) is 13.9. The van der Waals surface area contributed by atoms with Crippen molar-refractivity contribution >= 4 is 5.91 Å². The van der Waals surface area contributed by atoms with E-state index in [1.165, 1.54) is 19.3 Å². The molecule has 2 unspecified atom stereocenters. The second kappa shape index (κ2) is 5.92. The van der Waals surface area contributed by atoms with Crippen LogP contribution in [0.4, 0.5) is 0 Å². The van der Waals surface area contributed by atoms with Crippen molar-refractivity contribution in [2.24, 2.45) is 17.6 Å². The second-order valence-corrected chi connectivity index (χ2v) is 6.31. The van der Waals surface area contributed by atoms with E-state index in [0.29, 0.717) is 30.3 Å². The van der Waals surface area contributed by atoms with Crippen LogP contribution >= 0.6 is 0 Å². The zero-order valence-corrected chi connectivity index (χ0v) is 11.8. The lowest BCUT2D eigenvalue weighted by molar-refractivity contribution is -0.122. The van der Waals surface area contributed by atoms with Gasteiger partial charge in [0.1, 0.15) is 0 Å². The molecule has 0 aliphatic heterocycles. The zero-order valence-electron chi connectivity index (χ0n) is 11.8. The molecule has 1 heterocycles. The first kappa shape index (κ1) is 13.6. The lowest BCUT2D eigenvalue weighted by Crippen LogP contribution is -2.54. The van der Waals surface area contributed by atoms with E-state index in [1.54, 1.807) is 12.4 Å². The molecular formula is C16H23N3O. The van der Waals surface area contributed by atoms with Crippen molar-refractivity contribution in [3.8, 4) is 0 Å². The minimum absolute atomic E-state index is 0.121. The first-order chi connectivity index (χ1) is 9.72. The van der Waals surface area contributed by atoms with E-state index < -0.39 is 0 Å². The topological polar surface area (TPSA) is 68.0 Å². The van der Waals surface area contributed by atoms with Crippen LogP contribution in [0.5, 0.6) is 0 Å². The van der Waals surface area contributed by atoms with E-state index in [-0.39, 0.29) is 5.91 Å². The number of hydrogen-bond acceptors (Lipinski definition) is 3. The van der Waals surface area contributed by atoms with Crippen LogP contribution in [-0.2, 0) is 11.2 Å². The lowest BCUT2D eigenvalue weighted by Gasteiger charge is -2.45. The van der Waals surface area contributed by atoms with Crippen molar-refractivity contribution in [3.05, 3.63) is 30.1 Å². The van der Waals surface area contributed by atoms with Crippen molar-refractivity contribution in [1.29, 1.82) is 0 Å². The summed E-state index contributed by atoms with van der Waals surface area (Å²) in [6.45, 7) is 0. The van der Waals surface area contributed by atoms with Crippen molar-refractivity contribution < 1.29 is 4.79 Å². The highest BCUT2D eigenvalue weighted by Gasteiger charge is 2.39. The number of pyridine rings is 1. The van der Waals surface area contributed by atoms with Crippen molar-refractivity contribution in [1.82, 2.24) is 10.3 Å². The summed E-state index contributed by atoms with van der Waals surface area (Å²) < 4.78 is 0. The number of hydrogen-bond donors (Lipinski definition) is 2. The lowest BCUT2D eigenvalue weighted by atomic mass is 9.67. The number of aromatic nitrogens is 1. The molecule has 3 rings (SSSR count). The minimum atomic E-state index is 0.121. The largest absolute Gasteiger partial charge is 0.353 e. The van der Waals surface area contributed by atoms with Gasteiger partial charge in [-0.25, -0.2) is 0 Å². The summed E-state index contributed by atoms with van der Waals surface area (Å²) in [5, 5.41) is 3.27. The Morgan fingerprint density at radius 3 is 2.75 bits per heavy atom. The summed E-state index contributed by atoms with van der Waals surface area (Å²) in [6.07, 6.45) is 9.76. The number of nitrogens with one attached hydrogen (secondary N) is 1. The second-order valence-electron chi connectivity index (χ2n) is 6.31. The summed E-state index contributed by atoms with van der Waals surface area (Å²) in [6, 6.07) is 4.49. The Morgan fingerprint density at radius 2 is 2.10 bits per heavy atom. The Kier molecular flexibility index (Phi) is 4.01. The predicted octanol–water partition coefficient (Wildman–Crippen LogP) is 1.65. The van der Waals surface area contributed by atoms with Crippen LogP contribution < -0.4 is 11.1 Å². The Morgan fingerprint density at radius 1 is 1.35 bits per heavy atom. The van der Waals surface area contributed by atoms with Crippen LogP contribution in [-0.4, -0.2) is 23.0 Å². The molecule has 2 aliphatic carbocycles. The van der Waals surface area contributed by atoms with Gasteiger partial charge in [-0.1, -0.05) is 12.5 Å². The molecular weight excluding hydrogens is 250 g/mol.